The Kier molecular flexibility index (Phi) is 4.43. The molecule has 0 aromatic heterocycles. The third kappa shape index (κ3) is 3.74. The van der Waals surface area contributed by atoms with Crippen LogP contribution in [-0.4, -0.2) is 31.1 Å². The smallest absolute Gasteiger partial charge is 0.0342 e. The molecule has 17 heavy (non-hydrogen) atoms. The molecular formula is C15H24N2. The largest absolute Gasteiger partial charge is 0.382 e. The molecule has 1 unspecified atom stereocenters. The van der Waals surface area contributed by atoms with E-state index in [9.17, 15) is 0 Å². The van der Waals surface area contributed by atoms with Crippen LogP contribution in [0.1, 0.15) is 31.7 Å². The molecule has 1 saturated heterocycles. The number of anilines is 1. The zero-order valence-electron chi connectivity index (χ0n) is 11.1. The summed E-state index contributed by atoms with van der Waals surface area (Å²) >= 11 is 0. The van der Waals surface area contributed by atoms with Crippen molar-refractivity contribution in [2.75, 3.05) is 25.5 Å². The number of likely N-dealkylation sites (tertiary alicyclic amines) is 1. The van der Waals surface area contributed by atoms with Gasteiger partial charge in [-0.1, -0.05) is 19.1 Å². The quantitative estimate of drug-likeness (QED) is 0.861. The van der Waals surface area contributed by atoms with E-state index in [4.69, 9.17) is 0 Å². The summed E-state index contributed by atoms with van der Waals surface area (Å²) in [4.78, 5) is 2.43. The molecule has 0 radical (unpaired) electrons. The molecule has 1 fully saturated rings. The van der Waals surface area contributed by atoms with Crippen molar-refractivity contribution in [3.8, 4) is 0 Å². The predicted octanol–water partition coefficient (Wildman–Crippen LogP) is 3.15. The second-order valence-electron chi connectivity index (χ2n) is 5.13. The van der Waals surface area contributed by atoms with Gasteiger partial charge < -0.3 is 10.2 Å². The Morgan fingerprint density at radius 1 is 1.18 bits per heavy atom. The fourth-order valence-corrected chi connectivity index (χ4v) is 2.46. The van der Waals surface area contributed by atoms with Crippen LogP contribution in [0.3, 0.4) is 0 Å². The van der Waals surface area contributed by atoms with Gasteiger partial charge >= 0.3 is 0 Å². The highest BCUT2D eigenvalue weighted by Gasteiger charge is 2.14. The molecule has 2 nitrogen and oxygen atoms in total. The third-order valence-electron chi connectivity index (χ3n) is 3.68. The molecule has 0 amide bonds. The van der Waals surface area contributed by atoms with Crippen molar-refractivity contribution in [2.45, 2.75) is 38.6 Å². The molecular weight excluding hydrogens is 208 g/mol. The Labute approximate surface area is 105 Å². The topological polar surface area (TPSA) is 15.3 Å². The van der Waals surface area contributed by atoms with E-state index < -0.39 is 0 Å². The number of nitrogens with zero attached hydrogens (tertiary/aromatic N) is 1. The maximum absolute atomic E-state index is 3.67. The summed E-state index contributed by atoms with van der Waals surface area (Å²) in [6.45, 7) is 4.65. The summed E-state index contributed by atoms with van der Waals surface area (Å²) in [6, 6.07) is 9.53. The number of hydrogen-bond acceptors (Lipinski definition) is 2. The van der Waals surface area contributed by atoms with E-state index in [-0.39, 0.29) is 0 Å². The number of hydrogen-bond donors (Lipinski definition) is 1. The van der Waals surface area contributed by atoms with Gasteiger partial charge in [-0.25, -0.2) is 0 Å². The van der Waals surface area contributed by atoms with Gasteiger partial charge in [-0.15, -0.1) is 0 Å². The molecule has 1 aliphatic rings. The second-order valence-corrected chi connectivity index (χ2v) is 5.13. The van der Waals surface area contributed by atoms with Crippen LogP contribution < -0.4 is 5.32 Å². The molecule has 2 heteroatoms. The van der Waals surface area contributed by atoms with Crippen molar-refractivity contribution in [1.82, 2.24) is 4.90 Å². The first-order valence-corrected chi connectivity index (χ1v) is 6.82. The van der Waals surface area contributed by atoms with E-state index in [1.54, 1.807) is 0 Å². The molecule has 1 N–H and O–H groups in total. The monoisotopic (exact) mass is 232 g/mol. The van der Waals surface area contributed by atoms with Gasteiger partial charge in [0.25, 0.3) is 0 Å². The van der Waals surface area contributed by atoms with Crippen LogP contribution in [0.5, 0.6) is 0 Å². The summed E-state index contributed by atoms with van der Waals surface area (Å²) in [5.41, 5.74) is 2.69. The lowest BCUT2D eigenvalue weighted by molar-refractivity contribution is 0.348. The van der Waals surface area contributed by atoms with Crippen LogP contribution in [0.4, 0.5) is 5.69 Å². The van der Waals surface area contributed by atoms with Gasteiger partial charge in [-0.2, -0.15) is 0 Å². The number of nitrogens with one attached hydrogen (secondary N) is 1. The molecule has 1 aromatic rings. The van der Waals surface area contributed by atoms with Crippen molar-refractivity contribution in [3.05, 3.63) is 29.8 Å². The van der Waals surface area contributed by atoms with Gasteiger partial charge in [-0.05, 0) is 63.5 Å². The van der Waals surface area contributed by atoms with Crippen LogP contribution in [0.15, 0.2) is 24.3 Å². The van der Waals surface area contributed by atoms with Crippen molar-refractivity contribution in [2.24, 2.45) is 0 Å². The minimum Gasteiger partial charge on any atom is -0.382 e. The standard InChI is InChI=1S/C15H24N2/c1-3-13-6-8-15(9-7-13)16-14-5-4-11-17(2)12-10-14/h6-9,14,16H,3-5,10-12H2,1-2H3. The van der Waals surface area contributed by atoms with Crippen LogP contribution in [0.2, 0.25) is 0 Å². The van der Waals surface area contributed by atoms with Gasteiger partial charge in [0, 0.05) is 11.7 Å². The fraction of sp³-hybridized carbons (Fsp3) is 0.600. The Morgan fingerprint density at radius 3 is 2.65 bits per heavy atom. The van der Waals surface area contributed by atoms with Gasteiger partial charge in [-0.3, -0.25) is 0 Å². The SMILES string of the molecule is CCc1ccc(NC2CCCN(C)CC2)cc1. The molecule has 1 atom stereocenters. The van der Waals surface area contributed by atoms with E-state index in [1.807, 2.05) is 0 Å². The molecule has 1 aromatic carbocycles. The zero-order chi connectivity index (χ0) is 12.1. The van der Waals surface area contributed by atoms with Crippen molar-refractivity contribution >= 4 is 5.69 Å². The van der Waals surface area contributed by atoms with E-state index in [1.165, 1.54) is 43.6 Å². The van der Waals surface area contributed by atoms with Gasteiger partial charge in [0.05, 0.1) is 0 Å². The zero-order valence-corrected chi connectivity index (χ0v) is 11.1. The predicted molar refractivity (Wildman–Crippen MR) is 74.6 cm³/mol. The Balaban J connectivity index is 1.90. The third-order valence-corrected chi connectivity index (χ3v) is 3.68. The molecule has 2 rings (SSSR count). The highest BCUT2D eigenvalue weighted by atomic mass is 15.1. The summed E-state index contributed by atoms with van der Waals surface area (Å²) in [5, 5.41) is 3.67. The highest BCUT2D eigenvalue weighted by molar-refractivity contribution is 5.45. The van der Waals surface area contributed by atoms with Gasteiger partial charge in [0.15, 0.2) is 0 Å². The Hall–Kier alpha value is -1.02. The van der Waals surface area contributed by atoms with E-state index in [0.29, 0.717) is 6.04 Å². The lowest BCUT2D eigenvalue weighted by Gasteiger charge is -2.18. The fourth-order valence-electron chi connectivity index (χ4n) is 2.46. The van der Waals surface area contributed by atoms with Crippen LogP contribution in [0, 0.1) is 0 Å². The molecule has 0 saturated carbocycles. The van der Waals surface area contributed by atoms with Gasteiger partial charge in [0.2, 0.25) is 0 Å². The second kappa shape index (κ2) is 6.06. The Morgan fingerprint density at radius 2 is 1.94 bits per heavy atom. The highest BCUT2D eigenvalue weighted by Crippen LogP contribution is 2.17. The Bertz CT molecular complexity index is 331. The molecule has 1 heterocycles. The molecule has 0 bridgehead atoms. The molecule has 0 aliphatic carbocycles. The summed E-state index contributed by atoms with van der Waals surface area (Å²) in [7, 11) is 2.22. The normalized spacial score (nSPS) is 22.1. The average Bonchev–Trinajstić information content (AvgIpc) is 2.56. The minimum absolute atomic E-state index is 0.646. The van der Waals surface area contributed by atoms with Crippen molar-refractivity contribution in [3.63, 3.8) is 0 Å². The van der Waals surface area contributed by atoms with Gasteiger partial charge in [0.1, 0.15) is 0 Å². The van der Waals surface area contributed by atoms with Crippen LogP contribution in [-0.2, 0) is 6.42 Å². The van der Waals surface area contributed by atoms with E-state index >= 15 is 0 Å². The van der Waals surface area contributed by atoms with Crippen molar-refractivity contribution in [1.29, 1.82) is 0 Å². The molecule has 1 aliphatic heterocycles. The number of rotatable bonds is 3. The molecule has 0 spiro atoms. The minimum atomic E-state index is 0.646. The van der Waals surface area contributed by atoms with Crippen molar-refractivity contribution < 1.29 is 0 Å². The lowest BCUT2D eigenvalue weighted by Crippen LogP contribution is -2.22. The van der Waals surface area contributed by atoms with Crippen LogP contribution >= 0.6 is 0 Å². The first kappa shape index (κ1) is 12.4. The first-order chi connectivity index (χ1) is 8.28. The van der Waals surface area contributed by atoms with E-state index in [0.717, 1.165) is 6.42 Å². The summed E-state index contributed by atoms with van der Waals surface area (Å²) < 4.78 is 0. The number of benzene rings is 1. The van der Waals surface area contributed by atoms with Crippen LogP contribution in [0.25, 0.3) is 0 Å². The first-order valence-electron chi connectivity index (χ1n) is 6.82. The van der Waals surface area contributed by atoms with E-state index in [2.05, 4.69) is 48.5 Å². The number of aryl methyl sites for hydroxylation is 1. The summed E-state index contributed by atoms with van der Waals surface area (Å²) in [5.74, 6) is 0. The summed E-state index contributed by atoms with van der Waals surface area (Å²) in [6.07, 6.45) is 4.97. The lowest BCUT2D eigenvalue weighted by atomic mass is 10.1. The maximum Gasteiger partial charge on any atom is 0.0342 e. The molecule has 94 valence electrons. The maximum atomic E-state index is 3.67. The average molecular weight is 232 g/mol.